The monoisotopic (exact) mass is 296 g/mol. The number of sulfonamides is 1. The first-order chi connectivity index (χ1) is 9.57. The lowest BCUT2D eigenvalue weighted by molar-refractivity contribution is 0.320. The molecule has 5 heteroatoms. The highest BCUT2D eigenvalue weighted by atomic mass is 32.2. The Morgan fingerprint density at radius 2 is 1.90 bits per heavy atom. The number of hydrogen-bond acceptors (Lipinski definition) is 3. The number of aryl methyl sites for hydroxylation is 1. The molecule has 1 aromatic rings. The zero-order valence-electron chi connectivity index (χ0n) is 12.1. The summed E-state index contributed by atoms with van der Waals surface area (Å²) >= 11 is 0. The lowest BCUT2D eigenvalue weighted by Gasteiger charge is -2.28. The summed E-state index contributed by atoms with van der Waals surface area (Å²) in [5, 5.41) is 0. The van der Waals surface area contributed by atoms with E-state index in [2.05, 4.69) is 0 Å². The Morgan fingerprint density at radius 1 is 1.25 bits per heavy atom. The Balaban J connectivity index is 2.33. The molecule has 1 aromatic carbocycles. The van der Waals surface area contributed by atoms with Gasteiger partial charge in [0.1, 0.15) is 0 Å². The van der Waals surface area contributed by atoms with Crippen LogP contribution < -0.4 is 5.73 Å². The van der Waals surface area contributed by atoms with Gasteiger partial charge in [0.05, 0.1) is 4.90 Å². The molecule has 20 heavy (non-hydrogen) atoms. The van der Waals surface area contributed by atoms with Crippen molar-refractivity contribution in [3.8, 4) is 0 Å². The molecule has 0 amide bonds. The second-order valence-corrected chi connectivity index (χ2v) is 7.32. The van der Waals surface area contributed by atoms with Gasteiger partial charge < -0.3 is 5.73 Å². The van der Waals surface area contributed by atoms with Crippen molar-refractivity contribution < 1.29 is 8.42 Å². The summed E-state index contributed by atoms with van der Waals surface area (Å²) in [6.45, 7) is 2.90. The number of benzene rings is 1. The minimum Gasteiger partial charge on any atom is -0.330 e. The second kappa shape index (κ2) is 6.70. The van der Waals surface area contributed by atoms with Gasteiger partial charge in [-0.3, -0.25) is 0 Å². The summed E-state index contributed by atoms with van der Waals surface area (Å²) in [5.41, 5.74) is 6.37. The third kappa shape index (κ3) is 3.22. The lowest BCUT2D eigenvalue weighted by atomic mass is 10.2. The Morgan fingerprint density at radius 3 is 2.50 bits per heavy atom. The van der Waals surface area contributed by atoms with E-state index in [4.69, 9.17) is 5.73 Å². The fourth-order valence-corrected chi connectivity index (χ4v) is 4.86. The highest BCUT2D eigenvalue weighted by Gasteiger charge is 2.33. The molecular formula is C15H24N2O2S. The fraction of sp³-hybridized carbons (Fsp3) is 0.600. The molecular weight excluding hydrogens is 272 g/mol. The number of nitrogens with two attached hydrogens (primary N) is 1. The smallest absolute Gasteiger partial charge is 0.243 e. The van der Waals surface area contributed by atoms with Crippen molar-refractivity contribution in [3.63, 3.8) is 0 Å². The maximum atomic E-state index is 12.9. The lowest BCUT2D eigenvalue weighted by Crippen LogP contribution is -2.40. The van der Waals surface area contributed by atoms with Crippen LogP contribution in [0.4, 0.5) is 0 Å². The number of nitrogens with zero attached hydrogens (tertiary/aromatic N) is 1. The van der Waals surface area contributed by atoms with E-state index in [0.717, 1.165) is 31.2 Å². The van der Waals surface area contributed by atoms with Crippen molar-refractivity contribution in [1.82, 2.24) is 4.31 Å². The van der Waals surface area contributed by atoms with Gasteiger partial charge in [-0.25, -0.2) is 8.42 Å². The van der Waals surface area contributed by atoms with Gasteiger partial charge in [-0.1, -0.05) is 31.0 Å². The molecule has 1 saturated carbocycles. The second-order valence-electron chi connectivity index (χ2n) is 5.46. The summed E-state index contributed by atoms with van der Waals surface area (Å²) in [6, 6.07) is 7.35. The molecule has 0 spiro atoms. The SMILES string of the molecule is Cc1ccccc1S(=O)(=O)N(CCCN)C1CCCC1. The van der Waals surface area contributed by atoms with Crippen LogP contribution in [0.25, 0.3) is 0 Å². The van der Waals surface area contributed by atoms with Crippen LogP contribution in [0.3, 0.4) is 0 Å². The van der Waals surface area contributed by atoms with E-state index < -0.39 is 10.0 Å². The van der Waals surface area contributed by atoms with E-state index in [-0.39, 0.29) is 6.04 Å². The molecule has 0 heterocycles. The summed E-state index contributed by atoms with van der Waals surface area (Å²) in [7, 11) is -3.41. The van der Waals surface area contributed by atoms with Crippen LogP contribution in [-0.2, 0) is 10.0 Å². The molecule has 2 rings (SSSR count). The Kier molecular flexibility index (Phi) is 5.18. The maximum absolute atomic E-state index is 12.9. The quantitative estimate of drug-likeness (QED) is 0.876. The van der Waals surface area contributed by atoms with Crippen molar-refractivity contribution in [2.45, 2.75) is 50.0 Å². The Bertz CT molecular complexity index is 537. The van der Waals surface area contributed by atoms with Crippen molar-refractivity contribution in [2.75, 3.05) is 13.1 Å². The Hall–Kier alpha value is -0.910. The first-order valence-electron chi connectivity index (χ1n) is 7.35. The van der Waals surface area contributed by atoms with E-state index in [1.54, 1.807) is 16.4 Å². The molecule has 0 saturated heterocycles. The molecule has 112 valence electrons. The van der Waals surface area contributed by atoms with Gasteiger partial charge in [-0.2, -0.15) is 4.31 Å². The molecule has 1 aliphatic rings. The van der Waals surface area contributed by atoms with E-state index in [0.29, 0.717) is 24.4 Å². The van der Waals surface area contributed by atoms with E-state index in [1.807, 2.05) is 19.1 Å². The molecule has 0 unspecified atom stereocenters. The van der Waals surface area contributed by atoms with Crippen LogP contribution >= 0.6 is 0 Å². The van der Waals surface area contributed by atoms with Gasteiger partial charge in [-0.15, -0.1) is 0 Å². The maximum Gasteiger partial charge on any atom is 0.243 e. The normalized spacial score (nSPS) is 16.9. The molecule has 0 bridgehead atoms. The average Bonchev–Trinajstić information content (AvgIpc) is 2.93. The third-order valence-corrected chi connectivity index (χ3v) is 6.11. The van der Waals surface area contributed by atoms with Gasteiger partial charge in [0, 0.05) is 12.6 Å². The summed E-state index contributed by atoms with van der Waals surface area (Å²) in [6.07, 6.45) is 4.88. The largest absolute Gasteiger partial charge is 0.330 e. The van der Waals surface area contributed by atoms with Crippen molar-refractivity contribution >= 4 is 10.0 Å². The Labute approximate surface area is 122 Å². The van der Waals surface area contributed by atoms with Crippen molar-refractivity contribution in [1.29, 1.82) is 0 Å². The molecule has 0 aromatic heterocycles. The van der Waals surface area contributed by atoms with Gasteiger partial charge in [-0.05, 0) is 44.4 Å². The third-order valence-electron chi connectivity index (χ3n) is 3.99. The number of hydrogen-bond donors (Lipinski definition) is 1. The molecule has 4 nitrogen and oxygen atoms in total. The zero-order valence-corrected chi connectivity index (χ0v) is 12.9. The highest BCUT2D eigenvalue weighted by molar-refractivity contribution is 7.89. The van der Waals surface area contributed by atoms with Gasteiger partial charge in [0.25, 0.3) is 0 Å². The molecule has 1 aliphatic carbocycles. The van der Waals surface area contributed by atoms with Crippen LogP contribution in [0, 0.1) is 6.92 Å². The standard InChI is InChI=1S/C15H24N2O2S/c1-13-7-2-5-10-15(13)20(18,19)17(12-6-11-16)14-8-3-4-9-14/h2,5,7,10,14H,3-4,6,8-9,11-12,16H2,1H3. The highest BCUT2D eigenvalue weighted by Crippen LogP contribution is 2.29. The fourth-order valence-electron chi connectivity index (χ4n) is 2.91. The predicted octanol–water partition coefficient (Wildman–Crippen LogP) is 2.28. The average molecular weight is 296 g/mol. The summed E-state index contributed by atoms with van der Waals surface area (Å²) < 4.78 is 27.6. The van der Waals surface area contributed by atoms with Gasteiger partial charge in [0.15, 0.2) is 0 Å². The van der Waals surface area contributed by atoms with Crippen molar-refractivity contribution in [2.24, 2.45) is 5.73 Å². The summed E-state index contributed by atoms with van der Waals surface area (Å²) in [4.78, 5) is 0.434. The molecule has 2 N–H and O–H groups in total. The molecule has 0 aliphatic heterocycles. The predicted molar refractivity (Wildman–Crippen MR) is 81.0 cm³/mol. The van der Waals surface area contributed by atoms with Gasteiger partial charge >= 0.3 is 0 Å². The minimum atomic E-state index is -3.41. The van der Waals surface area contributed by atoms with Crippen LogP contribution in [0.15, 0.2) is 29.2 Å². The van der Waals surface area contributed by atoms with Gasteiger partial charge in [0.2, 0.25) is 10.0 Å². The van der Waals surface area contributed by atoms with Crippen LogP contribution in [0.5, 0.6) is 0 Å². The van der Waals surface area contributed by atoms with E-state index in [9.17, 15) is 8.42 Å². The van der Waals surface area contributed by atoms with Crippen LogP contribution in [0.1, 0.15) is 37.7 Å². The zero-order chi connectivity index (χ0) is 14.6. The van der Waals surface area contributed by atoms with Crippen LogP contribution in [0.2, 0.25) is 0 Å². The van der Waals surface area contributed by atoms with Crippen molar-refractivity contribution in [3.05, 3.63) is 29.8 Å². The molecule has 0 atom stereocenters. The van der Waals surface area contributed by atoms with E-state index in [1.165, 1.54) is 0 Å². The van der Waals surface area contributed by atoms with E-state index >= 15 is 0 Å². The first-order valence-corrected chi connectivity index (χ1v) is 8.79. The topological polar surface area (TPSA) is 63.4 Å². The molecule has 1 fully saturated rings. The summed E-state index contributed by atoms with van der Waals surface area (Å²) in [5.74, 6) is 0. The van der Waals surface area contributed by atoms with Crippen LogP contribution in [-0.4, -0.2) is 31.9 Å². The molecule has 0 radical (unpaired) electrons. The minimum absolute atomic E-state index is 0.145. The number of rotatable bonds is 6. The first kappa shape index (κ1) is 15.5.